The number of hydrogen-bond donors (Lipinski definition) is 2. The summed E-state index contributed by atoms with van der Waals surface area (Å²) in [4.78, 5) is 12.1. The molecule has 20 heavy (non-hydrogen) atoms. The van der Waals surface area contributed by atoms with Gasteiger partial charge in [0.15, 0.2) is 0 Å². The van der Waals surface area contributed by atoms with E-state index in [0.29, 0.717) is 13.0 Å². The van der Waals surface area contributed by atoms with Gasteiger partial charge in [0, 0.05) is 12.6 Å². The van der Waals surface area contributed by atoms with Crippen molar-refractivity contribution in [3.05, 3.63) is 35.4 Å². The molecule has 0 saturated carbocycles. The Labute approximate surface area is 125 Å². The standard InChI is InChI=1S/C15H20N2O2.ClH/c18-15(17-12-5-7-16-10-12)9-14-13-4-2-1-3-11(13)6-8-19-14;/h1-4,12,14,16H,5-10H2,(H,17,18);1H. The van der Waals surface area contributed by atoms with Crippen molar-refractivity contribution in [2.45, 2.75) is 31.4 Å². The highest BCUT2D eigenvalue weighted by molar-refractivity contribution is 5.85. The van der Waals surface area contributed by atoms with E-state index in [9.17, 15) is 4.79 Å². The maximum atomic E-state index is 12.1. The van der Waals surface area contributed by atoms with Gasteiger partial charge in [-0.15, -0.1) is 12.4 Å². The third-order valence-corrected chi connectivity index (χ3v) is 3.89. The van der Waals surface area contributed by atoms with Crippen LogP contribution in [0.2, 0.25) is 0 Å². The smallest absolute Gasteiger partial charge is 0.223 e. The Kier molecular flexibility index (Phi) is 5.40. The zero-order chi connectivity index (χ0) is 13.1. The van der Waals surface area contributed by atoms with Crippen molar-refractivity contribution in [1.29, 1.82) is 0 Å². The van der Waals surface area contributed by atoms with E-state index in [1.807, 2.05) is 12.1 Å². The Balaban J connectivity index is 0.00000147. The van der Waals surface area contributed by atoms with E-state index < -0.39 is 0 Å². The number of carbonyl (C=O) groups is 1. The minimum absolute atomic E-state index is 0. The maximum absolute atomic E-state index is 12.1. The number of carbonyl (C=O) groups excluding carboxylic acids is 1. The lowest BCUT2D eigenvalue weighted by molar-refractivity contribution is -0.125. The fraction of sp³-hybridized carbons (Fsp3) is 0.533. The molecule has 2 N–H and O–H groups in total. The quantitative estimate of drug-likeness (QED) is 0.891. The molecule has 1 amide bonds. The Morgan fingerprint density at radius 2 is 2.25 bits per heavy atom. The minimum Gasteiger partial charge on any atom is -0.373 e. The molecule has 1 saturated heterocycles. The molecule has 2 aliphatic heterocycles. The summed E-state index contributed by atoms with van der Waals surface area (Å²) in [5.74, 6) is 0.0930. The van der Waals surface area contributed by atoms with Crippen LogP contribution in [0.3, 0.4) is 0 Å². The first-order chi connectivity index (χ1) is 9.33. The molecule has 2 atom stereocenters. The molecule has 3 rings (SSSR count). The first-order valence-corrected chi connectivity index (χ1v) is 7.02. The molecule has 2 unspecified atom stereocenters. The van der Waals surface area contributed by atoms with Crippen molar-refractivity contribution in [3.63, 3.8) is 0 Å². The Morgan fingerprint density at radius 3 is 3.05 bits per heavy atom. The van der Waals surface area contributed by atoms with Crippen LogP contribution in [0.5, 0.6) is 0 Å². The number of rotatable bonds is 3. The Hall–Kier alpha value is -1.10. The normalized spacial score (nSPS) is 24.6. The van der Waals surface area contributed by atoms with Crippen LogP contribution in [0.15, 0.2) is 24.3 Å². The molecule has 1 aromatic rings. The molecular weight excluding hydrogens is 276 g/mol. The van der Waals surface area contributed by atoms with Crippen molar-refractivity contribution in [2.75, 3.05) is 19.7 Å². The number of amides is 1. The van der Waals surface area contributed by atoms with Gasteiger partial charge in [0.05, 0.1) is 19.1 Å². The predicted octanol–water partition coefficient (Wildman–Crippen LogP) is 1.59. The van der Waals surface area contributed by atoms with Crippen molar-refractivity contribution < 1.29 is 9.53 Å². The monoisotopic (exact) mass is 296 g/mol. The van der Waals surface area contributed by atoms with Crippen LogP contribution in [0.1, 0.15) is 30.1 Å². The highest BCUT2D eigenvalue weighted by Crippen LogP contribution is 2.29. The third kappa shape index (κ3) is 3.51. The average Bonchev–Trinajstić information content (AvgIpc) is 2.92. The molecule has 1 fully saturated rings. The van der Waals surface area contributed by atoms with Gasteiger partial charge < -0.3 is 15.4 Å². The van der Waals surface area contributed by atoms with Gasteiger partial charge in [0.2, 0.25) is 5.91 Å². The van der Waals surface area contributed by atoms with Crippen molar-refractivity contribution in [2.24, 2.45) is 0 Å². The van der Waals surface area contributed by atoms with Crippen molar-refractivity contribution in [1.82, 2.24) is 10.6 Å². The molecule has 1 aromatic carbocycles. The summed E-state index contributed by atoms with van der Waals surface area (Å²) in [6.45, 7) is 2.58. The minimum atomic E-state index is -0.0840. The lowest BCUT2D eigenvalue weighted by Gasteiger charge is -2.26. The second kappa shape index (κ2) is 7.07. The van der Waals surface area contributed by atoms with E-state index in [-0.39, 0.29) is 30.5 Å². The van der Waals surface area contributed by atoms with Gasteiger partial charge in [-0.05, 0) is 30.5 Å². The average molecular weight is 297 g/mol. The Bertz CT molecular complexity index is 461. The van der Waals surface area contributed by atoms with Crippen LogP contribution in [0, 0.1) is 0 Å². The predicted molar refractivity (Wildman–Crippen MR) is 80.1 cm³/mol. The number of fused-ring (bicyclic) bond motifs is 1. The van der Waals surface area contributed by atoms with Gasteiger partial charge in [0.1, 0.15) is 0 Å². The third-order valence-electron chi connectivity index (χ3n) is 3.89. The molecule has 0 bridgehead atoms. The number of halogens is 1. The molecule has 4 nitrogen and oxygen atoms in total. The van der Waals surface area contributed by atoms with Crippen molar-refractivity contribution >= 4 is 18.3 Å². The first-order valence-electron chi connectivity index (χ1n) is 7.02. The largest absolute Gasteiger partial charge is 0.373 e. The second-order valence-electron chi connectivity index (χ2n) is 5.27. The van der Waals surface area contributed by atoms with Crippen LogP contribution >= 0.6 is 12.4 Å². The summed E-state index contributed by atoms with van der Waals surface area (Å²) in [5, 5.41) is 6.33. The van der Waals surface area contributed by atoms with E-state index in [1.165, 1.54) is 11.1 Å². The zero-order valence-electron chi connectivity index (χ0n) is 11.4. The second-order valence-corrected chi connectivity index (χ2v) is 5.27. The van der Waals surface area contributed by atoms with Crippen LogP contribution in [0.25, 0.3) is 0 Å². The highest BCUT2D eigenvalue weighted by atomic mass is 35.5. The summed E-state index contributed by atoms with van der Waals surface area (Å²) in [6, 6.07) is 8.55. The van der Waals surface area contributed by atoms with Gasteiger partial charge in [-0.2, -0.15) is 0 Å². The summed E-state index contributed by atoms with van der Waals surface area (Å²) in [7, 11) is 0. The molecule has 5 heteroatoms. The van der Waals surface area contributed by atoms with Gasteiger partial charge >= 0.3 is 0 Å². The fourth-order valence-electron chi connectivity index (χ4n) is 2.88. The molecule has 2 aliphatic rings. The fourth-order valence-corrected chi connectivity index (χ4v) is 2.88. The number of benzene rings is 1. The molecule has 2 heterocycles. The summed E-state index contributed by atoms with van der Waals surface area (Å²) >= 11 is 0. The lowest BCUT2D eigenvalue weighted by atomic mass is 9.95. The Morgan fingerprint density at radius 1 is 1.40 bits per heavy atom. The van der Waals surface area contributed by atoms with Crippen LogP contribution < -0.4 is 10.6 Å². The molecule has 0 aliphatic carbocycles. The molecular formula is C15H21ClN2O2. The van der Waals surface area contributed by atoms with Gasteiger partial charge in [0.25, 0.3) is 0 Å². The molecule has 0 spiro atoms. The number of ether oxygens (including phenoxy) is 1. The zero-order valence-corrected chi connectivity index (χ0v) is 12.2. The molecule has 110 valence electrons. The van der Waals surface area contributed by atoms with Gasteiger partial charge in [-0.3, -0.25) is 4.79 Å². The van der Waals surface area contributed by atoms with Gasteiger partial charge in [-0.1, -0.05) is 24.3 Å². The van der Waals surface area contributed by atoms with E-state index in [4.69, 9.17) is 4.74 Å². The number of hydrogen-bond acceptors (Lipinski definition) is 3. The first kappa shape index (κ1) is 15.3. The van der Waals surface area contributed by atoms with E-state index in [0.717, 1.165) is 25.9 Å². The maximum Gasteiger partial charge on any atom is 0.223 e. The van der Waals surface area contributed by atoms with E-state index in [1.54, 1.807) is 0 Å². The topological polar surface area (TPSA) is 50.4 Å². The lowest BCUT2D eigenvalue weighted by Crippen LogP contribution is -2.37. The van der Waals surface area contributed by atoms with E-state index >= 15 is 0 Å². The SMILES string of the molecule is Cl.O=C(CC1OCCc2ccccc21)NC1CCNC1. The van der Waals surface area contributed by atoms with Crippen LogP contribution in [-0.4, -0.2) is 31.6 Å². The number of nitrogens with one attached hydrogen (secondary N) is 2. The summed E-state index contributed by atoms with van der Waals surface area (Å²) < 4.78 is 5.76. The van der Waals surface area contributed by atoms with Gasteiger partial charge in [-0.25, -0.2) is 0 Å². The summed E-state index contributed by atoms with van der Waals surface area (Å²) in [5.41, 5.74) is 2.49. The van der Waals surface area contributed by atoms with Crippen LogP contribution in [0.4, 0.5) is 0 Å². The molecule has 0 aromatic heterocycles. The molecule has 0 radical (unpaired) electrons. The highest BCUT2D eigenvalue weighted by Gasteiger charge is 2.24. The van der Waals surface area contributed by atoms with Crippen molar-refractivity contribution in [3.8, 4) is 0 Å². The van der Waals surface area contributed by atoms with Crippen LogP contribution in [-0.2, 0) is 16.0 Å². The summed E-state index contributed by atoms with van der Waals surface area (Å²) in [6.07, 6.45) is 2.31. The van der Waals surface area contributed by atoms with E-state index in [2.05, 4.69) is 22.8 Å².